The molecule has 2 rings (SSSR count). The molecule has 2 aromatic rings. The van der Waals surface area contributed by atoms with E-state index in [0.29, 0.717) is 11.1 Å². The number of carboxylic acids is 1. The van der Waals surface area contributed by atoms with Gasteiger partial charge in [0.15, 0.2) is 11.5 Å². The second-order valence-electron chi connectivity index (χ2n) is 10.6. The SMILES string of the molecule is CCC(C)COC(=O)Oc1ccc(CC(N)(C[C@H](C)OC(=O)c2ccccc2)C(=O)O)cc1OC(=O)OCC(C)CC. The topological polar surface area (TPSA) is 161 Å². The van der Waals surface area contributed by atoms with Gasteiger partial charge in [-0.3, -0.25) is 4.79 Å². The molecule has 0 aliphatic rings. The Bertz CT molecular complexity index is 1200. The summed E-state index contributed by atoms with van der Waals surface area (Å²) in [6.07, 6.45) is -1.72. The Morgan fingerprint density at radius 2 is 1.38 bits per heavy atom. The predicted molar refractivity (Wildman–Crippen MR) is 153 cm³/mol. The number of rotatable bonds is 15. The van der Waals surface area contributed by atoms with E-state index < -0.39 is 35.9 Å². The van der Waals surface area contributed by atoms with Gasteiger partial charge in [0.25, 0.3) is 0 Å². The van der Waals surface area contributed by atoms with Crippen LogP contribution in [-0.2, 0) is 25.4 Å². The average Bonchev–Trinajstić information content (AvgIpc) is 2.96. The van der Waals surface area contributed by atoms with Crippen LogP contribution in [0.3, 0.4) is 0 Å². The number of carbonyl (C=O) groups is 4. The molecule has 2 aromatic carbocycles. The standard InChI is InChI=1S/C31H41NO10/c1-6-20(3)18-38-29(36)41-25-14-13-23(15-26(25)42-30(37)39-19-21(4)7-2)17-31(32,28(34)35)16-22(5)40-27(33)24-11-9-8-10-12-24/h8-15,20-22H,6-7,16-19,32H2,1-5H3,(H,34,35)/t20?,21?,22-,31?/m0/s1. The summed E-state index contributed by atoms with van der Waals surface area (Å²) >= 11 is 0. The molecule has 0 saturated carbocycles. The first kappa shape index (κ1) is 34.1. The van der Waals surface area contributed by atoms with Gasteiger partial charge in [0, 0.05) is 12.8 Å². The Kier molecular flexibility index (Phi) is 13.3. The van der Waals surface area contributed by atoms with Gasteiger partial charge in [-0.25, -0.2) is 14.4 Å². The summed E-state index contributed by atoms with van der Waals surface area (Å²) in [4.78, 5) is 49.4. The number of carbonyl (C=O) groups excluding carboxylic acids is 3. The van der Waals surface area contributed by atoms with Crippen LogP contribution in [0.5, 0.6) is 11.5 Å². The summed E-state index contributed by atoms with van der Waals surface area (Å²) in [7, 11) is 0. The zero-order chi connectivity index (χ0) is 31.3. The van der Waals surface area contributed by atoms with E-state index in [0.717, 1.165) is 12.8 Å². The molecule has 0 radical (unpaired) electrons. The van der Waals surface area contributed by atoms with Gasteiger partial charge in [-0.2, -0.15) is 0 Å². The molecule has 0 heterocycles. The van der Waals surface area contributed by atoms with Crippen molar-refractivity contribution in [1.29, 1.82) is 0 Å². The summed E-state index contributed by atoms with van der Waals surface area (Å²) in [5.41, 5.74) is 5.12. The van der Waals surface area contributed by atoms with Crippen LogP contribution in [0, 0.1) is 11.8 Å². The van der Waals surface area contributed by atoms with Crippen LogP contribution in [0.1, 0.15) is 69.8 Å². The normalized spacial score (nSPS) is 14.4. The highest BCUT2D eigenvalue weighted by molar-refractivity contribution is 5.89. The van der Waals surface area contributed by atoms with Crippen molar-refractivity contribution < 1.29 is 48.0 Å². The molecule has 230 valence electrons. The van der Waals surface area contributed by atoms with Crippen LogP contribution in [0.25, 0.3) is 0 Å². The van der Waals surface area contributed by atoms with Crippen molar-refractivity contribution >= 4 is 24.2 Å². The lowest BCUT2D eigenvalue weighted by Crippen LogP contribution is -2.52. The Labute approximate surface area is 246 Å². The largest absolute Gasteiger partial charge is 0.513 e. The van der Waals surface area contributed by atoms with Crippen molar-refractivity contribution in [2.24, 2.45) is 17.6 Å². The van der Waals surface area contributed by atoms with Gasteiger partial charge in [-0.1, -0.05) is 64.8 Å². The van der Waals surface area contributed by atoms with E-state index in [-0.39, 0.29) is 49.4 Å². The predicted octanol–water partition coefficient (Wildman–Crippen LogP) is 5.77. The second-order valence-corrected chi connectivity index (χ2v) is 10.6. The highest BCUT2D eigenvalue weighted by atomic mass is 16.7. The van der Waals surface area contributed by atoms with Crippen LogP contribution in [0.2, 0.25) is 0 Å². The summed E-state index contributed by atoms with van der Waals surface area (Å²) in [5, 5.41) is 9.99. The number of hydrogen-bond acceptors (Lipinski definition) is 10. The van der Waals surface area contributed by atoms with Gasteiger partial charge in [-0.15, -0.1) is 0 Å². The van der Waals surface area contributed by atoms with E-state index >= 15 is 0 Å². The number of benzene rings is 2. The second kappa shape index (κ2) is 16.4. The van der Waals surface area contributed by atoms with E-state index in [1.807, 2.05) is 27.7 Å². The molecule has 4 atom stereocenters. The zero-order valence-corrected chi connectivity index (χ0v) is 24.8. The van der Waals surface area contributed by atoms with Crippen molar-refractivity contribution in [2.45, 2.75) is 71.9 Å². The number of esters is 1. The molecule has 3 unspecified atom stereocenters. The van der Waals surface area contributed by atoms with E-state index in [1.165, 1.54) is 18.2 Å². The van der Waals surface area contributed by atoms with Gasteiger partial charge in [-0.05, 0) is 48.6 Å². The van der Waals surface area contributed by atoms with Crippen molar-refractivity contribution in [2.75, 3.05) is 13.2 Å². The first-order valence-electron chi connectivity index (χ1n) is 14.0. The summed E-state index contributed by atoms with van der Waals surface area (Å²) < 4.78 is 26.3. The lowest BCUT2D eigenvalue weighted by Gasteiger charge is -2.28. The van der Waals surface area contributed by atoms with E-state index in [2.05, 4.69) is 0 Å². The molecule has 3 N–H and O–H groups in total. The third kappa shape index (κ3) is 11.0. The number of aliphatic carboxylic acids is 1. The average molecular weight is 588 g/mol. The minimum absolute atomic E-state index is 0.0986. The Morgan fingerprint density at radius 1 is 0.833 bits per heavy atom. The third-order valence-electron chi connectivity index (χ3n) is 6.67. The van der Waals surface area contributed by atoms with Gasteiger partial charge in [0.2, 0.25) is 0 Å². The van der Waals surface area contributed by atoms with Crippen molar-refractivity contribution in [3.8, 4) is 11.5 Å². The molecule has 0 bridgehead atoms. The minimum atomic E-state index is -1.86. The first-order chi connectivity index (χ1) is 19.9. The summed E-state index contributed by atoms with van der Waals surface area (Å²) in [5.74, 6) is -2.02. The molecule has 0 spiro atoms. The fraction of sp³-hybridized carbons (Fsp3) is 0.484. The van der Waals surface area contributed by atoms with E-state index in [1.54, 1.807) is 37.3 Å². The number of nitrogens with two attached hydrogens (primary N) is 1. The smallest absolute Gasteiger partial charge is 0.480 e. The molecule has 0 aliphatic carbocycles. The maximum Gasteiger partial charge on any atom is 0.513 e. The molecule has 0 saturated heterocycles. The molecule has 11 nitrogen and oxygen atoms in total. The van der Waals surface area contributed by atoms with E-state index in [9.17, 15) is 24.3 Å². The van der Waals surface area contributed by atoms with Crippen molar-refractivity contribution in [3.63, 3.8) is 0 Å². The molecule has 11 heteroatoms. The summed E-state index contributed by atoms with van der Waals surface area (Å²) in [6, 6.07) is 12.5. The number of hydrogen-bond donors (Lipinski definition) is 2. The zero-order valence-electron chi connectivity index (χ0n) is 24.8. The Hall–Kier alpha value is -4.12. The summed E-state index contributed by atoms with van der Waals surface area (Å²) in [6.45, 7) is 9.53. The van der Waals surface area contributed by atoms with Crippen LogP contribution < -0.4 is 15.2 Å². The van der Waals surface area contributed by atoms with Crippen molar-refractivity contribution in [1.82, 2.24) is 0 Å². The van der Waals surface area contributed by atoms with Crippen LogP contribution in [0.4, 0.5) is 9.59 Å². The third-order valence-corrected chi connectivity index (χ3v) is 6.67. The minimum Gasteiger partial charge on any atom is -0.480 e. The van der Waals surface area contributed by atoms with Crippen LogP contribution >= 0.6 is 0 Å². The number of ether oxygens (including phenoxy) is 5. The van der Waals surface area contributed by atoms with E-state index in [4.69, 9.17) is 29.4 Å². The van der Waals surface area contributed by atoms with Gasteiger partial charge in [0.05, 0.1) is 18.8 Å². The highest BCUT2D eigenvalue weighted by Crippen LogP contribution is 2.31. The Morgan fingerprint density at radius 3 is 1.90 bits per heavy atom. The molecule has 0 fully saturated rings. The van der Waals surface area contributed by atoms with Crippen molar-refractivity contribution in [3.05, 3.63) is 59.7 Å². The van der Waals surface area contributed by atoms with Crippen LogP contribution in [-0.4, -0.2) is 54.2 Å². The fourth-order valence-corrected chi connectivity index (χ4v) is 3.70. The monoisotopic (exact) mass is 587 g/mol. The molecule has 0 aliphatic heterocycles. The Balaban J connectivity index is 2.24. The van der Waals surface area contributed by atoms with Gasteiger partial charge >= 0.3 is 24.2 Å². The lowest BCUT2D eigenvalue weighted by atomic mass is 9.86. The molecular weight excluding hydrogens is 546 g/mol. The van der Waals surface area contributed by atoms with Crippen LogP contribution in [0.15, 0.2) is 48.5 Å². The maximum atomic E-state index is 12.4. The fourth-order valence-electron chi connectivity index (χ4n) is 3.70. The molecule has 42 heavy (non-hydrogen) atoms. The lowest BCUT2D eigenvalue weighted by molar-refractivity contribution is -0.144. The van der Waals surface area contributed by atoms with Gasteiger partial charge in [0.1, 0.15) is 11.6 Å². The highest BCUT2D eigenvalue weighted by Gasteiger charge is 2.37. The first-order valence-corrected chi connectivity index (χ1v) is 14.0. The molecular formula is C31H41NO10. The molecule has 0 amide bonds. The van der Waals surface area contributed by atoms with Gasteiger partial charge < -0.3 is 34.5 Å². The molecule has 0 aromatic heterocycles. The quantitative estimate of drug-likeness (QED) is 0.148. The number of carboxylic acid groups (broad SMARTS) is 1. The maximum absolute atomic E-state index is 12.4.